The van der Waals surface area contributed by atoms with Gasteiger partial charge in [-0.25, -0.2) is 4.98 Å². The van der Waals surface area contributed by atoms with Gasteiger partial charge in [-0.15, -0.1) is 0 Å². The average molecular weight is 370 g/mol. The second kappa shape index (κ2) is 7.94. The van der Waals surface area contributed by atoms with Crippen LogP contribution in [0.4, 0.5) is 0 Å². The number of carbonyl (C=O) groups is 1. The Bertz CT molecular complexity index is 931. The predicted molar refractivity (Wildman–Crippen MR) is 97.7 cm³/mol. The molecule has 1 aromatic carbocycles. The van der Waals surface area contributed by atoms with Crippen LogP contribution in [0.3, 0.4) is 0 Å². The lowest BCUT2D eigenvalue weighted by Crippen LogP contribution is -2.27. The van der Waals surface area contributed by atoms with E-state index in [0.717, 1.165) is 11.3 Å². The number of carbonyl (C=O) groups excluding carboxylic acids is 1. The fourth-order valence-corrected chi connectivity index (χ4v) is 2.71. The van der Waals surface area contributed by atoms with E-state index in [1.807, 2.05) is 39.2 Å². The van der Waals surface area contributed by atoms with Gasteiger partial charge in [0, 0.05) is 24.9 Å². The summed E-state index contributed by atoms with van der Waals surface area (Å²) in [6, 6.07) is 7.01. The van der Waals surface area contributed by atoms with E-state index in [4.69, 9.17) is 13.9 Å². The molecule has 0 radical (unpaired) electrons. The lowest BCUT2D eigenvalue weighted by molar-refractivity contribution is 0.0934. The third kappa shape index (κ3) is 4.46. The molecule has 0 aliphatic heterocycles. The molecule has 1 N–H and O–H groups in total. The van der Waals surface area contributed by atoms with Crippen molar-refractivity contribution in [2.24, 2.45) is 7.05 Å². The van der Waals surface area contributed by atoms with Crippen LogP contribution in [0.2, 0.25) is 0 Å². The van der Waals surface area contributed by atoms with E-state index in [-0.39, 0.29) is 24.2 Å². The van der Waals surface area contributed by atoms with Crippen LogP contribution in [0.15, 0.2) is 41.1 Å². The number of methoxy groups -OCH3 is 1. The lowest BCUT2D eigenvalue weighted by atomic mass is 10.1. The van der Waals surface area contributed by atoms with Gasteiger partial charge in [-0.1, -0.05) is 6.07 Å². The average Bonchev–Trinajstić information content (AvgIpc) is 3.26. The SMILES string of the molecule is COc1cccc(OCc2nc(C(=O)NC(C)c3cn(C)nc3C)co2)c1. The second-order valence-electron chi connectivity index (χ2n) is 6.13. The Hall–Kier alpha value is -3.29. The molecule has 0 saturated heterocycles. The standard InChI is InChI=1S/C19H22N4O4/c1-12(16-9-23(3)22-13(16)2)20-19(24)17-10-27-18(21-17)11-26-15-7-5-6-14(8-15)25-4/h5-10,12H,11H2,1-4H3,(H,20,24). The summed E-state index contributed by atoms with van der Waals surface area (Å²) in [6.07, 6.45) is 3.21. The molecule has 1 unspecified atom stereocenters. The van der Waals surface area contributed by atoms with E-state index in [9.17, 15) is 4.79 Å². The molecule has 0 aliphatic rings. The van der Waals surface area contributed by atoms with Crippen molar-refractivity contribution in [2.75, 3.05) is 7.11 Å². The van der Waals surface area contributed by atoms with Gasteiger partial charge in [0.25, 0.3) is 5.91 Å². The first kappa shape index (κ1) is 18.5. The zero-order valence-corrected chi connectivity index (χ0v) is 15.7. The first-order valence-electron chi connectivity index (χ1n) is 8.48. The van der Waals surface area contributed by atoms with Crippen molar-refractivity contribution < 1.29 is 18.7 Å². The minimum atomic E-state index is -0.317. The third-order valence-corrected chi connectivity index (χ3v) is 4.05. The van der Waals surface area contributed by atoms with E-state index in [0.29, 0.717) is 17.4 Å². The molecule has 142 valence electrons. The molecule has 0 bridgehead atoms. The van der Waals surface area contributed by atoms with Crippen LogP contribution in [0.1, 0.15) is 40.6 Å². The molecule has 0 fully saturated rings. The smallest absolute Gasteiger partial charge is 0.273 e. The topological polar surface area (TPSA) is 91.4 Å². The van der Waals surface area contributed by atoms with Crippen molar-refractivity contribution in [1.29, 1.82) is 0 Å². The van der Waals surface area contributed by atoms with Crippen LogP contribution in [0.25, 0.3) is 0 Å². The summed E-state index contributed by atoms with van der Waals surface area (Å²) in [5.74, 6) is 1.31. The first-order valence-corrected chi connectivity index (χ1v) is 8.48. The van der Waals surface area contributed by atoms with Gasteiger partial charge in [-0.3, -0.25) is 9.48 Å². The zero-order valence-electron chi connectivity index (χ0n) is 15.7. The Kier molecular flexibility index (Phi) is 5.44. The molecule has 1 atom stereocenters. The summed E-state index contributed by atoms with van der Waals surface area (Å²) in [5.41, 5.74) is 2.03. The molecule has 8 nitrogen and oxygen atoms in total. The van der Waals surface area contributed by atoms with Crippen molar-refractivity contribution in [3.8, 4) is 11.5 Å². The molecular formula is C19H22N4O4. The summed E-state index contributed by atoms with van der Waals surface area (Å²) in [6.45, 7) is 3.91. The summed E-state index contributed by atoms with van der Waals surface area (Å²) < 4.78 is 17.8. The molecule has 27 heavy (non-hydrogen) atoms. The van der Waals surface area contributed by atoms with Crippen LogP contribution in [0, 0.1) is 6.92 Å². The highest BCUT2D eigenvalue weighted by atomic mass is 16.5. The van der Waals surface area contributed by atoms with Crippen LogP contribution >= 0.6 is 0 Å². The molecule has 2 heterocycles. The molecule has 0 saturated carbocycles. The minimum absolute atomic E-state index is 0.109. The number of hydrogen-bond acceptors (Lipinski definition) is 6. The number of nitrogens with one attached hydrogen (secondary N) is 1. The number of nitrogens with zero attached hydrogens (tertiary/aromatic N) is 3. The van der Waals surface area contributed by atoms with Crippen LogP contribution in [-0.2, 0) is 13.7 Å². The largest absolute Gasteiger partial charge is 0.497 e. The van der Waals surface area contributed by atoms with E-state index >= 15 is 0 Å². The summed E-state index contributed by atoms with van der Waals surface area (Å²) in [5, 5.41) is 7.18. The Balaban J connectivity index is 1.59. The van der Waals surface area contributed by atoms with E-state index in [1.54, 1.807) is 23.9 Å². The fourth-order valence-electron chi connectivity index (χ4n) is 2.71. The molecule has 0 spiro atoms. The van der Waals surface area contributed by atoms with Gasteiger partial charge in [0.15, 0.2) is 12.3 Å². The van der Waals surface area contributed by atoms with Crippen molar-refractivity contribution in [1.82, 2.24) is 20.1 Å². The van der Waals surface area contributed by atoms with Crippen LogP contribution < -0.4 is 14.8 Å². The Morgan fingerprint density at radius 2 is 2.15 bits per heavy atom. The maximum Gasteiger partial charge on any atom is 0.273 e. The van der Waals surface area contributed by atoms with Gasteiger partial charge in [0.2, 0.25) is 5.89 Å². The van der Waals surface area contributed by atoms with Gasteiger partial charge in [0.05, 0.1) is 18.8 Å². The normalized spacial score (nSPS) is 11.9. The number of amides is 1. The molecule has 2 aromatic heterocycles. The number of oxazole rings is 1. The van der Waals surface area contributed by atoms with E-state index in [1.165, 1.54) is 6.26 Å². The lowest BCUT2D eigenvalue weighted by Gasteiger charge is -2.11. The van der Waals surface area contributed by atoms with Gasteiger partial charge >= 0.3 is 0 Å². The van der Waals surface area contributed by atoms with Crippen molar-refractivity contribution in [2.45, 2.75) is 26.5 Å². The monoisotopic (exact) mass is 370 g/mol. The number of rotatable bonds is 7. The molecule has 3 aromatic rings. The van der Waals surface area contributed by atoms with Crippen LogP contribution in [-0.4, -0.2) is 27.8 Å². The van der Waals surface area contributed by atoms with Crippen LogP contribution in [0.5, 0.6) is 11.5 Å². The number of hydrogen-bond donors (Lipinski definition) is 1. The highest BCUT2D eigenvalue weighted by molar-refractivity contribution is 5.92. The van der Waals surface area contributed by atoms with Gasteiger partial charge in [-0.05, 0) is 26.0 Å². The molecular weight excluding hydrogens is 348 g/mol. The molecule has 0 aliphatic carbocycles. The maximum atomic E-state index is 12.4. The number of ether oxygens (including phenoxy) is 2. The number of aromatic nitrogens is 3. The highest BCUT2D eigenvalue weighted by Gasteiger charge is 2.18. The maximum absolute atomic E-state index is 12.4. The quantitative estimate of drug-likeness (QED) is 0.688. The zero-order chi connectivity index (χ0) is 19.4. The summed E-state index contributed by atoms with van der Waals surface area (Å²) >= 11 is 0. The fraction of sp³-hybridized carbons (Fsp3) is 0.316. The Morgan fingerprint density at radius 3 is 2.85 bits per heavy atom. The van der Waals surface area contributed by atoms with E-state index < -0.39 is 0 Å². The summed E-state index contributed by atoms with van der Waals surface area (Å²) in [4.78, 5) is 16.6. The van der Waals surface area contributed by atoms with Gasteiger partial charge in [0.1, 0.15) is 17.8 Å². The molecule has 3 rings (SSSR count). The van der Waals surface area contributed by atoms with Crippen molar-refractivity contribution in [3.05, 3.63) is 59.6 Å². The third-order valence-electron chi connectivity index (χ3n) is 4.05. The summed E-state index contributed by atoms with van der Waals surface area (Å²) in [7, 11) is 3.43. The predicted octanol–water partition coefficient (Wildman–Crippen LogP) is 2.80. The first-order chi connectivity index (χ1) is 13.0. The second-order valence-corrected chi connectivity index (χ2v) is 6.13. The Morgan fingerprint density at radius 1 is 1.37 bits per heavy atom. The highest BCUT2D eigenvalue weighted by Crippen LogP contribution is 2.20. The van der Waals surface area contributed by atoms with Crippen molar-refractivity contribution in [3.63, 3.8) is 0 Å². The van der Waals surface area contributed by atoms with E-state index in [2.05, 4.69) is 15.4 Å². The number of benzene rings is 1. The van der Waals surface area contributed by atoms with Gasteiger partial charge < -0.3 is 19.2 Å². The minimum Gasteiger partial charge on any atom is -0.497 e. The molecule has 8 heteroatoms. The Labute approximate surface area is 157 Å². The van der Waals surface area contributed by atoms with Gasteiger partial charge in [-0.2, -0.15) is 5.10 Å². The number of aryl methyl sites for hydroxylation is 2. The molecule has 1 amide bonds. The van der Waals surface area contributed by atoms with Crippen molar-refractivity contribution >= 4 is 5.91 Å².